The van der Waals surface area contributed by atoms with Crippen LogP contribution in [0.1, 0.15) is 13.0 Å². The second-order valence-electron chi connectivity index (χ2n) is 3.58. The lowest BCUT2D eigenvalue weighted by molar-refractivity contribution is -0.123. The molecule has 4 nitrogen and oxygen atoms in total. The average Bonchev–Trinajstić information content (AvgIpc) is 2.72. The molecule has 1 aromatic heterocycles. The quantitative estimate of drug-likeness (QED) is 0.476. The van der Waals surface area contributed by atoms with Crippen molar-refractivity contribution < 1.29 is 4.79 Å². The first-order valence-corrected chi connectivity index (χ1v) is 5.28. The van der Waals surface area contributed by atoms with Crippen molar-refractivity contribution in [1.82, 2.24) is 9.99 Å². The van der Waals surface area contributed by atoms with Crippen LogP contribution in [0, 0.1) is 0 Å². The van der Waals surface area contributed by atoms with E-state index in [4.69, 9.17) is 17.4 Å². The molecule has 84 valence electrons. The van der Waals surface area contributed by atoms with Gasteiger partial charge in [0.05, 0.1) is 5.52 Å². The van der Waals surface area contributed by atoms with E-state index in [9.17, 15) is 4.79 Å². The van der Waals surface area contributed by atoms with E-state index in [0.717, 1.165) is 10.9 Å². The van der Waals surface area contributed by atoms with Gasteiger partial charge in [0.2, 0.25) is 0 Å². The Bertz CT molecular complexity index is 535. The number of amides is 1. The van der Waals surface area contributed by atoms with Gasteiger partial charge in [0.15, 0.2) is 0 Å². The van der Waals surface area contributed by atoms with Gasteiger partial charge in [0.1, 0.15) is 6.04 Å². The summed E-state index contributed by atoms with van der Waals surface area (Å²) in [4.78, 5) is 11.4. The third-order valence-electron chi connectivity index (χ3n) is 2.65. The van der Waals surface area contributed by atoms with Crippen molar-refractivity contribution in [1.29, 1.82) is 0 Å². The maximum atomic E-state index is 11.4. The third kappa shape index (κ3) is 1.66. The molecule has 1 unspecified atom stereocenters. The number of rotatable bonds is 2. The topological polar surface area (TPSA) is 60.1 Å². The Morgan fingerprint density at radius 3 is 2.94 bits per heavy atom. The van der Waals surface area contributed by atoms with Crippen LogP contribution >= 0.6 is 11.6 Å². The molecule has 0 fully saturated rings. The molecule has 0 spiro atoms. The van der Waals surface area contributed by atoms with Gasteiger partial charge in [-0.15, -0.1) is 0 Å². The van der Waals surface area contributed by atoms with Crippen LogP contribution < -0.4 is 11.3 Å². The molecule has 2 rings (SSSR count). The molecule has 1 heterocycles. The Balaban J connectivity index is 2.54. The number of benzene rings is 1. The van der Waals surface area contributed by atoms with Crippen LogP contribution in [0.2, 0.25) is 5.02 Å². The molecule has 0 aliphatic carbocycles. The lowest BCUT2D eigenvalue weighted by Crippen LogP contribution is -2.35. The summed E-state index contributed by atoms with van der Waals surface area (Å²) in [6.45, 7) is 1.78. The number of aromatic nitrogens is 1. The first-order valence-electron chi connectivity index (χ1n) is 4.90. The molecule has 3 N–H and O–H groups in total. The standard InChI is InChI=1S/C11H12ClN3O/c1-7(11(16)14-13)15-6-5-8-9(12)3-2-4-10(8)15/h2-7H,13H2,1H3,(H,14,16). The molecule has 0 radical (unpaired) electrons. The van der Waals surface area contributed by atoms with Crippen molar-refractivity contribution in [3.8, 4) is 0 Å². The van der Waals surface area contributed by atoms with Crippen LogP contribution in [0.3, 0.4) is 0 Å². The van der Waals surface area contributed by atoms with Crippen LogP contribution in [-0.2, 0) is 4.79 Å². The third-order valence-corrected chi connectivity index (χ3v) is 2.98. The number of carbonyl (C=O) groups excluding carboxylic acids is 1. The molecule has 1 amide bonds. The number of hydrogen-bond donors (Lipinski definition) is 2. The Hall–Kier alpha value is -1.52. The SMILES string of the molecule is CC(C(=O)NN)n1ccc2c(Cl)cccc21. The van der Waals surface area contributed by atoms with Crippen molar-refractivity contribution in [3.63, 3.8) is 0 Å². The summed E-state index contributed by atoms with van der Waals surface area (Å²) < 4.78 is 1.84. The number of nitrogens with zero attached hydrogens (tertiary/aromatic N) is 1. The summed E-state index contributed by atoms with van der Waals surface area (Å²) >= 11 is 6.05. The minimum absolute atomic E-state index is 0.238. The van der Waals surface area contributed by atoms with Gasteiger partial charge in [-0.05, 0) is 25.1 Å². The van der Waals surface area contributed by atoms with Gasteiger partial charge < -0.3 is 4.57 Å². The molecule has 0 saturated carbocycles. The number of carbonyl (C=O) groups is 1. The molecule has 2 aromatic rings. The Kier molecular flexibility index (Phi) is 2.85. The van der Waals surface area contributed by atoms with Gasteiger partial charge in [0.25, 0.3) is 5.91 Å². The van der Waals surface area contributed by atoms with Crippen LogP contribution in [0.5, 0.6) is 0 Å². The zero-order valence-corrected chi connectivity index (χ0v) is 9.53. The molecule has 0 aliphatic heterocycles. The maximum Gasteiger partial charge on any atom is 0.256 e. The maximum absolute atomic E-state index is 11.4. The predicted molar refractivity (Wildman–Crippen MR) is 64.0 cm³/mol. The zero-order chi connectivity index (χ0) is 11.7. The lowest BCUT2D eigenvalue weighted by Gasteiger charge is -2.13. The number of fused-ring (bicyclic) bond motifs is 1. The number of nitrogens with two attached hydrogens (primary N) is 1. The van der Waals surface area contributed by atoms with Gasteiger partial charge in [-0.25, -0.2) is 5.84 Å². The van der Waals surface area contributed by atoms with Gasteiger partial charge in [-0.1, -0.05) is 17.7 Å². The number of hydrogen-bond acceptors (Lipinski definition) is 2. The van der Waals surface area contributed by atoms with Gasteiger partial charge >= 0.3 is 0 Å². The van der Waals surface area contributed by atoms with Gasteiger partial charge in [-0.2, -0.15) is 0 Å². The molecule has 1 atom stereocenters. The molecule has 0 aliphatic rings. The van der Waals surface area contributed by atoms with E-state index in [1.807, 2.05) is 35.0 Å². The summed E-state index contributed by atoms with van der Waals surface area (Å²) in [5, 5.41) is 1.61. The molecule has 5 heteroatoms. The molecular weight excluding hydrogens is 226 g/mol. The highest BCUT2D eigenvalue weighted by atomic mass is 35.5. The highest BCUT2D eigenvalue weighted by molar-refractivity contribution is 6.35. The van der Waals surface area contributed by atoms with Crippen LogP contribution in [0.15, 0.2) is 30.5 Å². The summed E-state index contributed by atoms with van der Waals surface area (Å²) in [7, 11) is 0. The highest BCUT2D eigenvalue weighted by Crippen LogP contribution is 2.26. The number of halogens is 1. The summed E-state index contributed by atoms with van der Waals surface area (Å²) in [5.74, 6) is 4.88. The van der Waals surface area contributed by atoms with E-state index in [-0.39, 0.29) is 11.9 Å². The monoisotopic (exact) mass is 237 g/mol. The fraction of sp³-hybridized carbons (Fsp3) is 0.182. The normalized spacial score (nSPS) is 12.7. The van der Waals surface area contributed by atoms with Crippen LogP contribution in [-0.4, -0.2) is 10.5 Å². The summed E-state index contributed by atoms with van der Waals surface area (Å²) in [6, 6.07) is 7.12. The summed E-state index contributed by atoms with van der Waals surface area (Å²) in [5.41, 5.74) is 3.06. The number of hydrazine groups is 1. The van der Waals surface area contributed by atoms with Gasteiger partial charge in [0, 0.05) is 16.6 Å². The number of nitrogens with one attached hydrogen (secondary N) is 1. The molecular formula is C11H12ClN3O. The minimum Gasteiger partial charge on any atom is -0.335 e. The second kappa shape index (κ2) is 4.15. The fourth-order valence-corrected chi connectivity index (χ4v) is 1.97. The first-order chi connectivity index (χ1) is 7.65. The first kappa shape index (κ1) is 11.0. The largest absolute Gasteiger partial charge is 0.335 e. The van der Waals surface area contributed by atoms with Crippen molar-refractivity contribution >= 4 is 28.4 Å². The summed E-state index contributed by atoms with van der Waals surface area (Å²) in [6.07, 6.45) is 1.83. The van der Waals surface area contributed by atoms with E-state index in [2.05, 4.69) is 5.43 Å². The van der Waals surface area contributed by atoms with Crippen molar-refractivity contribution in [2.75, 3.05) is 0 Å². The fourth-order valence-electron chi connectivity index (χ4n) is 1.74. The van der Waals surface area contributed by atoms with E-state index < -0.39 is 0 Å². The highest BCUT2D eigenvalue weighted by Gasteiger charge is 2.15. The predicted octanol–water partition coefficient (Wildman–Crippen LogP) is 1.85. The van der Waals surface area contributed by atoms with E-state index in [1.54, 1.807) is 6.92 Å². The van der Waals surface area contributed by atoms with E-state index in [0.29, 0.717) is 5.02 Å². The van der Waals surface area contributed by atoms with E-state index >= 15 is 0 Å². The molecule has 16 heavy (non-hydrogen) atoms. The lowest BCUT2D eigenvalue weighted by atomic mass is 10.2. The minimum atomic E-state index is -0.360. The van der Waals surface area contributed by atoms with Gasteiger partial charge in [-0.3, -0.25) is 10.2 Å². The van der Waals surface area contributed by atoms with Crippen molar-refractivity contribution in [2.45, 2.75) is 13.0 Å². The second-order valence-corrected chi connectivity index (χ2v) is 3.99. The van der Waals surface area contributed by atoms with Crippen LogP contribution in [0.4, 0.5) is 0 Å². The average molecular weight is 238 g/mol. The van der Waals surface area contributed by atoms with Crippen molar-refractivity contribution in [3.05, 3.63) is 35.5 Å². The van der Waals surface area contributed by atoms with Crippen molar-refractivity contribution in [2.24, 2.45) is 5.84 Å². The molecule has 0 saturated heterocycles. The van der Waals surface area contributed by atoms with Crippen LogP contribution in [0.25, 0.3) is 10.9 Å². The Labute approximate surface area is 98.0 Å². The van der Waals surface area contributed by atoms with E-state index in [1.165, 1.54) is 0 Å². The Morgan fingerprint density at radius 2 is 2.25 bits per heavy atom. The molecule has 1 aromatic carbocycles. The smallest absolute Gasteiger partial charge is 0.256 e. The molecule has 0 bridgehead atoms. The zero-order valence-electron chi connectivity index (χ0n) is 8.77. The Morgan fingerprint density at radius 1 is 1.50 bits per heavy atom.